The van der Waals surface area contributed by atoms with Crippen LogP contribution in [-0.2, 0) is 6.54 Å². The number of nitrogen functional groups attached to an aromatic ring is 1. The van der Waals surface area contributed by atoms with Crippen LogP contribution in [0.25, 0.3) is 0 Å². The molecule has 108 valence electrons. The van der Waals surface area contributed by atoms with Crippen LogP contribution < -0.4 is 5.73 Å². The lowest BCUT2D eigenvalue weighted by Gasteiger charge is -2.28. The summed E-state index contributed by atoms with van der Waals surface area (Å²) in [5, 5.41) is 1.09. The molecule has 0 aromatic heterocycles. The Hall–Kier alpha value is -0.440. The maximum Gasteiger partial charge on any atom is 0.0693 e. The van der Waals surface area contributed by atoms with Crippen LogP contribution in [0.3, 0.4) is 0 Å². The number of anilines is 1. The molecule has 2 N–H and O–H groups in total. The largest absolute Gasteiger partial charge is 0.396 e. The van der Waals surface area contributed by atoms with E-state index in [4.69, 9.17) is 28.9 Å². The quantitative estimate of drug-likeness (QED) is 0.720. The number of benzene rings is 1. The minimum absolute atomic E-state index is 0.468. The summed E-state index contributed by atoms with van der Waals surface area (Å²) in [6.45, 7) is 8.66. The summed E-state index contributed by atoms with van der Waals surface area (Å²) in [5.74, 6) is 0. The van der Waals surface area contributed by atoms with Gasteiger partial charge in [-0.15, -0.1) is 0 Å². The third-order valence-electron chi connectivity index (χ3n) is 3.54. The van der Waals surface area contributed by atoms with Gasteiger partial charge in [0.1, 0.15) is 0 Å². The van der Waals surface area contributed by atoms with Gasteiger partial charge in [0.25, 0.3) is 0 Å². The Balaban J connectivity index is 2.83. The first-order valence-electron chi connectivity index (χ1n) is 6.97. The normalized spacial score (nSPS) is 12.9. The van der Waals surface area contributed by atoms with E-state index in [1.165, 1.54) is 12.8 Å². The van der Waals surface area contributed by atoms with Crippen molar-refractivity contribution in [3.63, 3.8) is 0 Å². The Morgan fingerprint density at radius 3 is 2.26 bits per heavy atom. The molecule has 2 nitrogen and oxygen atoms in total. The summed E-state index contributed by atoms with van der Waals surface area (Å²) < 4.78 is 0. The lowest BCUT2D eigenvalue weighted by molar-refractivity contribution is 0.192. The van der Waals surface area contributed by atoms with E-state index < -0.39 is 0 Å². The van der Waals surface area contributed by atoms with Crippen molar-refractivity contribution >= 4 is 28.9 Å². The molecule has 0 amide bonds. The number of hydrogen-bond donors (Lipinski definition) is 1. The zero-order valence-corrected chi connectivity index (χ0v) is 13.6. The van der Waals surface area contributed by atoms with Gasteiger partial charge in [-0.05, 0) is 44.0 Å². The summed E-state index contributed by atoms with van der Waals surface area (Å²) in [7, 11) is 0. The molecule has 0 heterocycles. The molecule has 1 aromatic carbocycles. The first-order chi connectivity index (χ1) is 8.99. The summed E-state index contributed by atoms with van der Waals surface area (Å²) in [6, 6.07) is 4.40. The molecule has 19 heavy (non-hydrogen) atoms. The zero-order valence-electron chi connectivity index (χ0n) is 12.0. The Morgan fingerprint density at radius 1 is 1.21 bits per heavy atom. The van der Waals surface area contributed by atoms with Crippen LogP contribution in [0.15, 0.2) is 12.1 Å². The van der Waals surface area contributed by atoms with Gasteiger partial charge in [0.15, 0.2) is 0 Å². The van der Waals surface area contributed by atoms with Gasteiger partial charge in [0.05, 0.1) is 15.7 Å². The van der Waals surface area contributed by atoms with Crippen molar-refractivity contribution < 1.29 is 0 Å². The summed E-state index contributed by atoms with van der Waals surface area (Å²) >= 11 is 12.2. The van der Waals surface area contributed by atoms with E-state index in [-0.39, 0.29) is 0 Å². The number of rotatable bonds is 7. The standard InChI is InChI=1S/C15H24Cl2N2/c1-4-6-7-19(11(3)5-2)10-12-8-13(16)15(18)14(17)9-12/h8-9,11H,4-7,10,18H2,1-3H3. The molecule has 0 spiro atoms. The molecule has 0 saturated heterocycles. The zero-order chi connectivity index (χ0) is 14.4. The second-order valence-electron chi connectivity index (χ2n) is 5.05. The molecule has 0 fully saturated rings. The van der Waals surface area contributed by atoms with Crippen LogP contribution in [0.4, 0.5) is 5.69 Å². The molecule has 4 heteroatoms. The van der Waals surface area contributed by atoms with E-state index in [1.807, 2.05) is 12.1 Å². The molecule has 0 bridgehead atoms. The van der Waals surface area contributed by atoms with Crippen LogP contribution in [-0.4, -0.2) is 17.5 Å². The summed E-state index contributed by atoms with van der Waals surface area (Å²) in [5.41, 5.74) is 7.36. The Bertz CT molecular complexity index is 384. The molecule has 0 aliphatic rings. The number of halogens is 2. The van der Waals surface area contributed by atoms with Crippen LogP contribution in [0.2, 0.25) is 10.0 Å². The van der Waals surface area contributed by atoms with Gasteiger partial charge >= 0.3 is 0 Å². The molecule has 1 unspecified atom stereocenters. The monoisotopic (exact) mass is 302 g/mol. The second-order valence-corrected chi connectivity index (χ2v) is 5.87. The van der Waals surface area contributed by atoms with Crippen molar-refractivity contribution in [2.24, 2.45) is 0 Å². The van der Waals surface area contributed by atoms with E-state index in [0.717, 1.165) is 25.1 Å². The van der Waals surface area contributed by atoms with E-state index >= 15 is 0 Å². The van der Waals surface area contributed by atoms with Crippen molar-refractivity contribution in [1.82, 2.24) is 4.90 Å². The van der Waals surface area contributed by atoms with E-state index in [9.17, 15) is 0 Å². The maximum atomic E-state index is 6.09. The van der Waals surface area contributed by atoms with Gasteiger partial charge in [-0.1, -0.05) is 43.5 Å². The summed E-state index contributed by atoms with van der Waals surface area (Å²) in [4.78, 5) is 2.47. The first-order valence-corrected chi connectivity index (χ1v) is 7.72. The molecular formula is C15H24Cl2N2. The van der Waals surface area contributed by atoms with Gasteiger partial charge in [-0.25, -0.2) is 0 Å². The lowest BCUT2D eigenvalue weighted by Crippen LogP contribution is -2.33. The van der Waals surface area contributed by atoms with E-state index in [0.29, 0.717) is 21.8 Å². The van der Waals surface area contributed by atoms with Crippen LogP contribution in [0.1, 0.15) is 45.6 Å². The van der Waals surface area contributed by atoms with Crippen molar-refractivity contribution in [3.05, 3.63) is 27.7 Å². The molecule has 0 saturated carbocycles. The highest BCUT2D eigenvalue weighted by Crippen LogP contribution is 2.29. The number of unbranched alkanes of at least 4 members (excludes halogenated alkanes) is 1. The predicted octanol–water partition coefficient (Wildman–Crippen LogP) is 4.98. The van der Waals surface area contributed by atoms with Gasteiger partial charge in [-0.3, -0.25) is 4.90 Å². The molecule has 0 aliphatic carbocycles. The number of nitrogens with two attached hydrogens (primary N) is 1. The Kier molecular flexibility index (Phi) is 6.98. The van der Waals surface area contributed by atoms with Gasteiger partial charge in [0.2, 0.25) is 0 Å². The fraction of sp³-hybridized carbons (Fsp3) is 0.600. The highest BCUT2D eigenvalue weighted by atomic mass is 35.5. The van der Waals surface area contributed by atoms with Crippen molar-refractivity contribution in [2.75, 3.05) is 12.3 Å². The SMILES string of the molecule is CCCCN(Cc1cc(Cl)c(N)c(Cl)c1)C(C)CC. The average Bonchev–Trinajstić information content (AvgIpc) is 2.39. The van der Waals surface area contributed by atoms with Crippen molar-refractivity contribution in [3.8, 4) is 0 Å². The van der Waals surface area contributed by atoms with E-state index in [2.05, 4.69) is 25.7 Å². The molecule has 0 aliphatic heterocycles. The minimum atomic E-state index is 0.468. The highest BCUT2D eigenvalue weighted by Gasteiger charge is 2.13. The third kappa shape index (κ3) is 4.87. The highest BCUT2D eigenvalue weighted by molar-refractivity contribution is 6.38. The Morgan fingerprint density at radius 2 is 1.79 bits per heavy atom. The summed E-state index contributed by atoms with van der Waals surface area (Å²) in [6.07, 6.45) is 3.55. The van der Waals surface area contributed by atoms with Crippen LogP contribution in [0, 0.1) is 0 Å². The average molecular weight is 303 g/mol. The third-order valence-corrected chi connectivity index (χ3v) is 4.16. The second kappa shape index (κ2) is 7.98. The lowest BCUT2D eigenvalue weighted by atomic mass is 10.1. The maximum absolute atomic E-state index is 6.09. The van der Waals surface area contributed by atoms with Gasteiger partial charge < -0.3 is 5.73 Å². The predicted molar refractivity (Wildman–Crippen MR) is 85.9 cm³/mol. The molecule has 1 aromatic rings. The Labute approximate surface area is 126 Å². The molecule has 0 radical (unpaired) electrons. The van der Waals surface area contributed by atoms with Crippen LogP contribution in [0.5, 0.6) is 0 Å². The molecule has 1 rings (SSSR count). The van der Waals surface area contributed by atoms with Gasteiger partial charge in [-0.2, -0.15) is 0 Å². The fourth-order valence-corrected chi connectivity index (χ4v) is 2.57. The van der Waals surface area contributed by atoms with E-state index in [1.54, 1.807) is 0 Å². The first kappa shape index (κ1) is 16.6. The van der Waals surface area contributed by atoms with Crippen molar-refractivity contribution in [2.45, 2.75) is 52.6 Å². The van der Waals surface area contributed by atoms with Crippen molar-refractivity contribution in [1.29, 1.82) is 0 Å². The fourth-order valence-electron chi connectivity index (χ4n) is 2.04. The van der Waals surface area contributed by atoms with Crippen LogP contribution >= 0.6 is 23.2 Å². The smallest absolute Gasteiger partial charge is 0.0693 e. The molecule has 1 atom stereocenters. The number of nitrogens with zero attached hydrogens (tertiary/aromatic N) is 1. The number of hydrogen-bond acceptors (Lipinski definition) is 2. The minimum Gasteiger partial charge on any atom is -0.396 e. The molecular weight excluding hydrogens is 279 g/mol. The van der Waals surface area contributed by atoms with Gasteiger partial charge in [0, 0.05) is 12.6 Å². The topological polar surface area (TPSA) is 29.3 Å².